The number of nitrogens with zero attached hydrogens (tertiary/aromatic N) is 2. The predicted molar refractivity (Wildman–Crippen MR) is 104 cm³/mol. The number of carboxylic acids is 1. The smallest absolute Gasteiger partial charge is 0.328 e. The molecule has 2 aromatic rings. The van der Waals surface area contributed by atoms with Crippen LogP contribution in [0, 0.1) is 0 Å². The van der Waals surface area contributed by atoms with Crippen LogP contribution in [0.1, 0.15) is 40.9 Å². The number of Topliss-reactive ketones (excluding diaryl/α,β-unsaturated/α-hetero) is 1. The summed E-state index contributed by atoms with van der Waals surface area (Å²) in [7, 11) is 0. The summed E-state index contributed by atoms with van der Waals surface area (Å²) in [4.78, 5) is 30.2. The van der Waals surface area contributed by atoms with E-state index in [4.69, 9.17) is 9.84 Å². The third kappa shape index (κ3) is 3.97. The van der Waals surface area contributed by atoms with Crippen molar-refractivity contribution < 1.29 is 19.4 Å². The number of pyridine rings is 1. The molecule has 1 aromatic carbocycles. The fourth-order valence-electron chi connectivity index (χ4n) is 3.90. The van der Waals surface area contributed by atoms with E-state index >= 15 is 0 Å². The number of fused-ring (bicyclic) bond motifs is 1. The number of ether oxygens (including phenoxy) is 1. The molecule has 1 spiro atoms. The highest BCUT2D eigenvalue weighted by Gasteiger charge is 2.42. The van der Waals surface area contributed by atoms with Gasteiger partial charge in [0.1, 0.15) is 11.4 Å². The molecule has 1 N–H and O–H groups in total. The van der Waals surface area contributed by atoms with Crippen molar-refractivity contribution in [2.75, 3.05) is 13.1 Å². The second-order valence-corrected chi connectivity index (χ2v) is 7.41. The number of carboxylic acid groups (broad SMARTS) is 1. The van der Waals surface area contributed by atoms with E-state index in [2.05, 4.69) is 9.88 Å². The number of piperidine rings is 1. The van der Waals surface area contributed by atoms with Gasteiger partial charge in [0.25, 0.3) is 0 Å². The summed E-state index contributed by atoms with van der Waals surface area (Å²) in [6, 6.07) is 11.2. The van der Waals surface area contributed by atoms with Crippen LogP contribution < -0.4 is 4.74 Å². The summed E-state index contributed by atoms with van der Waals surface area (Å²) >= 11 is 0. The minimum absolute atomic E-state index is 0.0602. The Kier molecular flexibility index (Phi) is 4.96. The number of aromatic nitrogens is 1. The number of rotatable bonds is 4. The molecular formula is C22H22N2O4. The van der Waals surface area contributed by atoms with E-state index in [1.165, 1.54) is 6.08 Å². The van der Waals surface area contributed by atoms with E-state index < -0.39 is 11.6 Å². The zero-order chi connectivity index (χ0) is 19.6. The fraction of sp³-hybridized carbons (Fsp3) is 0.318. The molecule has 0 saturated carbocycles. The normalized spacial score (nSPS) is 18.8. The first-order valence-corrected chi connectivity index (χ1v) is 9.43. The second-order valence-electron chi connectivity index (χ2n) is 7.41. The van der Waals surface area contributed by atoms with E-state index in [-0.39, 0.29) is 5.78 Å². The summed E-state index contributed by atoms with van der Waals surface area (Å²) in [6.07, 6.45) is 6.31. The average Bonchev–Trinajstić information content (AvgIpc) is 2.69. The Morgan fingerprint density at radius 1 is 1.25 bits per heavy atom. The molecule has 0 bridgehead atoms. The molecule has 0 unspecified atom stereocenters. The van der Waals surface area contributed by atoms with Gasteiger partial charge >= 0.3 is 5.97 Å². The van der Waals surface area contributed by atoms with Crippen molar-refractivity contribution in [3.8, 4) is 5.75 Å². The molecule has 6 heteroatoms. The predicted octanol–water partition coefficient (Wildman–Crippen LogP) is 3.18. The van der Waals surface area contributed by atoms with Crippen LogP contribution in [-0.2, 0) is 11.3 Å². The minimum atomic E-state index is -1.02. The van der Waals surface area contributed by atoms with Crippen LogP contribution in [0.2, 0.25) is 0 Å². The first-order valence-electron chi connectivity index (χ1n) is 9.43. The van der Waals surface area contributed by atoms with Crippen LogP contribution in [0.4, 0.5) is 0 Å². The van der Waals surface area contributed by atoms with Gasteiger partial charge in [0.2, 0.25) is 0 Å². The lowest BCUT2D eigenvalue weighted by atomic mass is 9.82. The summed E-state index contributed by atoms with van der Waals surface area (Å²) in [5.74, 6) is -0.358. The highest BCUT2D eigenvalue weighted by molar-refractivity contribution is 6.01. The quantitative estimate of drug-likeness (QED) is 0.823. The van der Waals surface area contributed by atoms with Crippen LogP contribution in [-0.4, -0.2) is 45.4 Å². The summed E-state index contributed by atoms with van der Waals surface area (Å²) in [5.41, 5.74) is 1.82. The molecule has 144 valence electrons. The first-order chi connectivity index (χ1) is 13.5. The van der Waals surface area contributed by atoms with Crippen molar-refractivity contribution >= 4 is 17.8 Å². The standard InChI is InChI=1S/C22H22N2O4/c25-19-14-22(8-11-24(12-9-22)15-17-3-1-2-10-23-17)28-20-6-4-16(13-18(19)20)5-7-21(26)27/h1-7,10,13H,8-9,11-12,14-15H2,(H,26,27)/b7-5+. The van der Waals surface area contributed by atoms with E-state index in [9.17, 15) is 9.59 Å². The lowest BCUT2D eigenvalue weighted by Gasteiger charge is -2.44. The van der Waals surface area contributed by atoms with Gasteiger partial charge in [-0.25, -0.2) is 4.79 Å². The lowest BCUT2D eigenvalue weighted by molar-refractivity contribution is -0.131. The lowest BCUT2D eigenvalue weighted by Crippen LogP contribution is -2.50. The number of likely N-dealkylation sites (tertiary alicyclic amines) is 1. The second kappa shape index (κ2) is 7.56. The molecule has 2 aliphatic rings. The Bertz CT molecular complexity index is 915. The summed E-state index contributed by atoms with van der Waals surface area (Å²) in [6.45, 7) is 2.53. The molecule has 6 nitrogen and oxygen atoms in total. The van der Waals surface area contributed by atoms with E-state index in [0.29, 0.717) is 23.3 Å². The molecule has 0 radical (unpaired) electrons. The number of aliphatic carboxylic acids is 1. The van der Waals surface area contributed by atoms with Crippen LogP contribution in [0.25, 0.3) is 6.08 Å². The highest BCUT2D eigenvalue weighted by Crippen LogP contribution is 2.40. The van der Waals surface area contributed by atoms with E-state index in [1.807, 2.05) is 18.2 Å². The molecule has 1 fully saturated rings. The monoisotopic (exact) mass is 378 g/mol. The maximum absolute atomic E-state index is 12.8. The van der Waals surface area contributed by atoms with Crippen molar-refractivity contribution in [3.05, 3.63) is 65.5 Å². The average molecular weight is 378 g/mol. The van der Waals surface area contributed by atoms with Crippen LogP contribution in [0.3, 0.4) is 0 Å². The van der Waals surface area contributed by atoms with Crippen molar-refractivity contribution in [2.24, 2.45) is 0 Å². The van der Waals surface area contributed by atoms with Gasteiger partial charge < -0.3 is 9.84 Å². The molecule has 0 atom stereocenters. The van der Waals surface area contributed by atoms with Crippen LogP contribution in [0.15, 0.2) is 48.7 Å². The first kappa shape index (κ1) is 18.4. The molecular weight excluding hydrogens is 356 g/mol. The zero-order valence-corrected chi connectivity index (χ0v) is 15.5. The number of ketones is 1. The van der Waals surface area contributed by atoms with Gasteiger partial charge in [-0.1, -0.05) is 12.1 Å². The Morgan fingerprint density at radius 3 is 2.79 bits per heavy atom. The van der Waals surface area contributed by atoms with Crippen molar-refractivity contribution in [1.29, 1.82) is 0 Å². The van der Waals surface area contributed by atoms with Gasteiger partial charge in [-0.15, -0.1) is 0 Å². The topological polar surface area (TPSA) is 79.7 Å². The minimum Gasteiger partial charge on any atom is -0.486 e. The molecule has 3 heterocycles. The zero-order valence-electron chi connectivity index (χ0n) is 15.5. The van der Waals surface area contributed by atoms with E-state index in [1.54, 1.807) is 24.4 Å². The maximum atomic E-state index is 12.8. The summed E-state index contributed by atoms with van der Waals surface area (Å²) < 4.78 is 6.31. The Morgan fingerprint density at radius 2 is 2.07 bits per heavy atom. The molecule has 1 aromatic heterocycles. The SMILES string of the molecule is O=C(O)/C=C/c1ccc2c(c1)C(=O)CC1(CCN(Cc3ccccn3)CC1)O2. The third-order valence-corrected chi connectivity index (χ3v) is 5.41. The molecule has 1 saturated heterocycles. The Balaban J connectivity index is 1.44. The van der Waals surface area contributed by atoms with Crippen LogP contribution >= 0.6 is 0 Å². The van der Waals surface area contributed by atoms with Crippen LogP contribution in [0.5, 0.6) is 5.75 Å². The number of carbonyl (C=O) groups is 2. The molecule has 4 rings (SSSR count). The van der Waals surface area contributed by atoms with Gasteiger partial charge in [-0.2, -0.15) is 0 Å². The molecule has 28 heavy (non-hydrogen) atoms. The van der Waals surface area contributed by atoms with Gasteiger partial charge in [0.05, 0.1) is 17.7 Å². The van der Waals surface area contributed by atoms with Gasteiger partial charge in [-0.05, 0) is 35.9 Å². The number of benzene rings is 1. The highest BCUT2D eigenvalue weighted by atomic mass is 16.5. The number of hydrogen-bond donors (Lipinski definition) is 1. The number of hydrogen-bond acceptors (Lipinski definition) is 5. The Labute approximate surface area is 163 Å². The van der Waals surface area contributed by atoms with Crippen molar-refractivity contribution in [1.82, 2.24) is 9.88 Å². The molecule has 0 amide bonds. The Hall–Kier alpha value is -2.99. The van der Waals surface area contributed by atoms with Crippen molar-refractivity contribution in [3.63, 3.8) is 0 Å². The molecule has 0 aliphatic carbocycles. The number of carbonyl (C=O) groups excluding carboxylic acids is 1. The van der Waals surface area contributed by atoms with Gasteiger partial charge in [0, 0.05) is 44.7 Å². The summed E-state index contributed by atoms with van der Waals surface area (Å²) in [5, 5.41) is 8.76. The maximum Gasteiger partial charge on any atom is 0.328 e. The fourth-order valence-corrected chi connectivity index (χ4v) is 3.90. The van der Waals surface area contributed by atoms with Gasteiger partial charge in [0.15, 0.2) is 5.78 Å². The van der Waals surface area contributed by atoms with Gasteiger partial charge in [-0.3, -0.25) is 14.7 Å². The largest absolute Gasteiger partial charge is 0.486 e. The van der Waals surface area contributed by atoms with Crippen molar-refractivity contribution in [2.45, 2.75) is 31.4 Å². The molecule has 2 aliphatic heterocycles. The third-order valence-electron chi connectivity index (χ3n) is 5.41. The van der Waals surface area contributed by atoms with E-state index in [0.717, 1.165) is 44.2 Å².